The maximum atomic E-state index is 15.8. The Kier molecular flexibility index (Phi) is 11.7. The highest BCUT2D eigenvalue weighted by atomic mass is 31.2. The van der Waals surface area contributed by atoms with Gasteiger partial charge in [0.25, 0.3) is 0 Å². The van der Waals surface area contributed by atoms with Gasteiger partial charge in [-0.1, -0.05) is 182 Å². The lowest BCUT2D eigenvalue weighted by molar-refractivity contribution is 0.213. The first-order valence-corrected chi connectivity index (χ1v) is 21.5. The molecule has 0 bridgehead atoms. The third-order valence-electron chi connectivity index (χ3n) is 10.6. The maximum absolute atomic E-state index is 15.8. The highest BCUT2D eigenvalue weighted by Gasteiger charge is 2.53. The van der Waals surface area contributed by atoms with Crippen molar-refractivity contribution in [2.75, 3.05) is 25.0 Å². The summed E-state index contributed by atoms with van der Waals surface area (Å²) in [5.74, 6) is 0.574. The number of methoxy groups -OCH3 is 1. The van der Waals surface area contributed by atoms with E-state index < -0.39 is 13.3 Å². The Balaban J connectivity index is 1.55. The van der Waals surface area contributed by atoms with Gasteiger partial charge in [0, 0.05) is 28.3 Å². The van der Waals surface area contributed by atoms with Gasteiger partial charge in [-0.15, -0.1) is 5.73 Å². The number of hydrogen-bond acceptors (Lipinski definition) is 4. The molecule has 0 fully saturated rings. The van der Waals surface area contributed by atoms with E-state index in [4.69, 9.17) is 13.8 Å². The Morgan fingerprint density at radius 3 is 1.44 bits per heavy atom. The Labute approximate surface area is 347 Å². The molecule has 0 atom stereocenters. The number of benzene rings is 7. The summed E-state index contributed by atoms with van der Waals surface area (Å²) in [5.41, 5.74) is 13.6. The molecule has 0 saturated carbocycles. The number of rotatable bonds is 13. The molecule has 5 nitrogen and oxygen atoms in total. The molecule has 0 radical (unpaired) electrons. The van der Waals surface area contributed by atoms with Gasteiger partial charge in [0.15, 0.2) is 0 Å². The van der Waals surface area contributed by atoms with E-state index in [1.54, 1.807) is 7.11 Å². The average Bonchev–Trinajstić information content (AvgIpc) is 3.30. The van der Waals surface area contributed by atoms with Crippen LogP contribution in [0.4, 0.5) is 5.69 Å². The summed E-state index contributed by atoms with van der Waals surface area (Å²) in [4.78, 5) is 0. The minimum Gasteiger partial charge on any atom is -0.496 e. The van der Waals surface area contributed by atoms with E-state index in [1.807, 2.05) is 122 Å². The van der Waals surface area contributed by atoms with Gasteiger partial charge >= 0.3 is 7.75 Å². The highest BCUT2D eigenvalue weighted by molar-refractivity contribution is 7.55. The quantitative estimate of drug-likeness (QED) is 0.0860. The summed E-state index contributed by atoms with van der Waals surface area (Å²) in [6.45, 7) is 4.03. The molecule has 7 aromatic rings. The molecule has 0 aromatic heterocycles. The van der Waals surface area contributed by atoms with Crippen LogP contribution in [0, 0.1) is 0 Å². The molecule has 292 valence electrons. The van der Waals surface area contributed by atoms with Gasteiger partial charge < -0.3 is 4.74 Å². The molecule has 0 unspecified atom stereocenters. The largest absolute Gasteiger partial charge is 0.496 e. The van der Waals surface area contributed by atoms with Crippen molar-refractivity contribution in [3.8, 4) is 5.75 Å². The van der Waals surface area contributed by atoms with Crippen molar-refractivity contribution in [2.24, 2.45) is 0 Å². The van der Waals surface area contributed by atoms with Crippen molar-refractivity contribution in [2.45, 2.75) is 19.4 Å². The third-order valence-corrected chi connectivity index (χ3v) is 12.8. The third kappa shape index (κ3) is 7.66. The Bertz CT molecular complexity index is 2570. The number of fused-ring (bicyclic) bond motifs is 1. The van der Waals surface area contributed by atoms with Crippen LogP contribution in [0.25, 0.3) is 16.7 Å². The fourth-order valence-electron chi connectivity index (χ4n) is 8.03. The zero-order valence-electron chi connectivity index (χ0n) is 33.5. The molecule has 0 saturated heterocycles. The van der Waals surface area contributed by atoms with Crippen LogP contribution in [-0.2, 0) is 19.2 Å². The van der Waals surface area contributed by atoms with E-state index in [-0.39, 0.29) is 13.2 Å². The summed E-state index contributed by atoms with van der Waals surface area (Å²) >= 11 is 0. The molecule has 7 aromatic carbocycles. The van der Waals surface area contributed by atoms with Gasteiger partial charge in [-0.2, -0.15) is 0 Å². The SMILES string of the molecule is CCOP(=O)(OCC)N1c2cc(OC)c(C(=C=C(c3ccccc3)c3ccccc3)c3ccccc3)cc2C(c2ccccc2)=CC1(c1ccccc1)c1ccccc1. The summed E-state index contributed by atoms with van der Waals surface area (Å²) in [5, 5.41) is 0. The van der Waals surface area contributed by atoms with Crippen molar-refractivity contribution in [3.05, 3.63) is 250 Å². The van der Waals surface area contributed by atoms with Crippen LogP contribution in [0.1, 0.15) is 58.4 Å². The van der Waals surface area contributed by atoms with Crippen LogP contribution in [0.2, 0.25) is 0 Å². The second kappa shape index (κ2) is 17.6. The zero-order chi connectivity index (χ0) is 40.7. The molecule has 8 rings (SSSR count). The summed E-state index contributed by atoms with van der Waals surface area (Å²) < 4.78 is 36.8. The Morgan fingerprint density at radius 2 is 1.00 bits per heavy atom. The van der Waals surface area contributed by atoms with Crippen molar-refractivity contribution in [1.29, 1.82) is 0 Å². The molecule has 1 aliphatic rings. The molecular formula is C53H46NO4P. The molecule has 0 aliphatic carbocycles. The number of hydrogen-bond donors (Lipinski definition) is 0. The van der Waals surface area contributed by atoms with E-state index >= 15 is 4.57 Å². The fourth-order valence-corrected chi connectivity index (χ4v) is 10.1. The predicted octanol–water partition coefficient (Wildman–Crippen LogP) is 13.2. The maximum Gasteiger partial charge on any atom is 0.436 e. The van der Waals surface area contributed by atoms with E-state index in [9.17, 15) is 0 Å². The van der Waals surface area contributed by atoms with Crippen molar-refractivity contribution >= 4 is 30.2 Å². The topological polar surface area (TPSA) is 48.0 Å². The van der Waals surface area contributed by atoms with E-state index in [2.05, 4.69) is 103 Å². The molecule has 6 heteroatoms. The first-order chi connectivity index (χ1) is 29.0. The molecule has 0 amide bonds. The summed E-state index contributed by atoms with van der Waals surface area (Å²) in [6, 6.07) is 65.9. The number of ether oxygens (including phenoxy) is 1. The highest BCUT2D eigenvalue weighted by Crippen LogP contribution is 2.65. The van der Waals surface area contributed by atoms with Crippen LogP contribution in [0.5, 0.6) is 5.75 Å². The minimum absolute atomic E-state index is 0.167. The lowest BCUT2D eigenvalue weighted by atomic mass is 9.75. The Morgan fingerprint density at radius 1 is 0.576 bits per heavy atom. The number of anilines is 1. The molecule has 0 spiro atoms. The van der Waals surface area contributed by atoms with E-state index in [0.29, 0.717) is 11.4 Å². The van der Waals surface area contributed by atoms with Gasteiger partial charge in [0.05, 0.1) is 26.0 Å². The lowest BCUT2D eigenvalue weighted by Gasteiger charge is -2.50. The Hall–Kier alpha value is -6.45. The second-order valence-electron chi connectivity index (χ2n) is 14.1. The molecule has 59 heavy (non-hydrogen) atoms. The van der Waals surface area contributed by atoms with Gasteiger partial charge in [-0.3, -0.25) is 13.7 Å². The van der Waals surface area contributed by atoms with Crippen molar-refractivity contribution < 1.29 is 18.3 Å². The number of nitrogens with zero attached hydrogens (tertiary/aromatic N) is 1. The minimum atomic E-state index is -4.12. The normalized spacial score (nSPS) is 13.1. The fraction of sp³-hybridized carbons (Fsp3) is 0.113. The second-order valence-corrected chi connectivity index (χ2v) is 15.9. The van der Waals surface area contributed by atoms with Crippen LogP contribution >= 0.6 is 7.75 Å². The summed E-state index contributed by atoms with van der Waals surface area (Å²) in [7, 11) is -2.44. The van der Waals surface area contributed by atoms with Gasteiger partial charge in [-0.25, -0.2) is 4.57 Å². The molecular weight excluding hydrogens is 746 g/mol. The lowest BCUT2D eigenvalue weighted by Crippen LogP contribution is -2.47. The van der Waals surface area contributed by atoms with Crippen molar-refractivity contribution in [1.82, 2.24) is 0 Å². The van der Waals surface area contributed by atoms with Crippen LogP contribution in [-0.4, -0.2) is 20.3 Å². The monoisotopic (exact) mass is 791 g/mol. The molecule has 1 aliphatic heterocycles. The van der Waals surface area contributed by atoms with Gasteiger partial charge in [-0.05, 0) is 64.9 Å². The predicted molar refractivity (Wildman–Crippen MR) is 241 cm³/mol. The van der Waals surface area contributed by atoms with Crippen LogP contribution in [0.15, 0.2) is 206 Å². The van der Waals surface area contributed by atoms with E-state index in [1.165, 1.54) is 0 Å². The van der Waals surface area contributed by atoms with Gasteiger partial charge in [0.1, 0.15) is 11.3 Å². The van der Waals surface area contributed by atoms with Crippen molar-refractivity contribution in [3.63, 3.8) is 0 Å². The molecule has 1 heterocycles. The van der Waals surface area contributed by atoms with Gasteiger partial charge in [0.2, 0.25) is 0 Å². The first-order valence-electron chi connectivity index (χ1n) is 20.0. The standard InChI is InChI=1S/C53H46NO4P/c1-4-57-59(55,58-5-2)54-51-38-52(56-3)49(47(42-28-16-8-17-29-42)36-46(40-24-12-6-13-25-40)41-26-14-7-15-27-41)37-48(51)50(43-30-18-9-19-31-43)39-53(54,44-32-20-10-21-33-44)45-34-22-11-23-35-45/h6-35,37-39H,4-5H2,1-3H3. The van der Waals surface area contributed by atoms with E-state index in [0.717, 1.165) is 61.2 Å². The average molecular weight is 792 g/mol. The van der Waals surface area contributed by atoms with Crippen LogP contribution < -0.4 is 9.41 Å². The van der Waals surface area contributed by atoms with Crippen LogP contribution in [0.3, 0.4) is 0 Å². The smallest absolute Gasteiger partial charge is 0.436 e. The first kappa shape index (κ1) is 39.4. The zero-order valence-corrected chi connectivity index (χ0v) is 34.4. The summed E-state index contributed by atoms with van der Waals surface area (Å²) in [6.07, 6.45) is 2.23. The molecule has 0 N–H and O–H groups in total.